The van der Waals surface area contributed by atoms with E-state index in [0.29, 0.717) is 0 Å². The number of carbonyl (C=O) groups excluding carboxylic acids is 3. The van der Waals surface area contributed by atoms with Gasteiger partial charge in [0.2, 0.25) is 11.8 Å². The van der Waals surface area contributed by atoms with Crippen molar-refractivity contribution in [2.24, 2.45) is 11.7 Å². The minimum absolute atomic E-state index is 0.208. The molecule has 9 heteroatoms. The third-order valence-electron chi connectivity index (χ3n) is 2.64. The highest BCUT2D eigenvalue weighted by Gasteiger charge is 2.25. The summed E-state index contributed by atoms with van der Waals surface area (Å²) in [6, 6.07) is -2.18. The number of amides is 2. The average Bonchev–Trinajstić information content (AvgIpc) is 2.46. The highest BCUT2D eigenvalue weighted by molar-refractivity contribution is 5.95. The van der Waals surface area contributed by atoms with E-state index in [1.165, 1.54) is 7.11 Å². The van der Waals surface area contributed by atoms with Crippen LogP contribution >= 0.6 is 0 Å². The van der Waals surface area contributed by atoms with Gasteiger partial charge < -0.3 is 26.2 Å². The van der Waals surface area contributed by atoms with Crippen LogP contribution in [0.2, 0.25) is 0 Å². The Kier molecular flexibility index (Phi) is 8.46. The molecule has 0 aliphatic carbocycles. The summed E-state index contributed by atoms with van der Waals surface area (Å²) in [6.07, 6.45) is 1.85. The van der Waals surface area contributed by atoms with Crippen molar-refractivity contribution in [1.29, 1.82) is 0 Å². The molecule has 124 valence electrons. The molecule has 0 saturated heterocycles. The van der Waals surface area contributed by atoms with Gasteiger partial charge in [-0.3, -0.25) is 9.59 Å². The van der Waals surface area contributed by atoms with E-state index in [1.54, 1.807) is 13.8 Å². The van der Waals surface area contributed by atoms with Crippen molar-refractivity contribution in [2.75, 3.05) is 13.7 Å². The van der Waals surface area contributed by atoms with Gasteiger partial charge in [0.15, 0.2) is 0 Å². The monoisotopic (exact) mass is 315 g/mol. The molecule has 0 radical (unpaired) electrons. The van der Waals surface area contributed by atoms with Gasteiger partial charge in [-0.2, -0.15) is 0 Å². The van der Waals surface area contributed by atoms with Gasteiger partial charge in [-0.25, -0.2) is 9.59 Å². The predicted molar refractivity (Wildman–Crippen MR) is 76.5 cm³/mol. The van der Waals surface area contributed by atoms with Gasteiger partial charge >= 0.3 is 11.9 Å². The third kappa shape index (κ3) is 7.39. The molecular formula is C13H21N3O6. The van der Waals surface area contributed by atoms with Crippen molar-refractivity contribution < 1.29 is 29.0 Å². The summed E-state index contributed by atoms with van der Waals surface area (Å²) in [6.45, 7) is 3.08. The van der Waals surface area contributed by atoms with Crippen molar-refractivity contribution in [2.45, 2.75) is 25.9 Å². The predicted octanol–water partition coefficient (Wildman–Crippen LogP) is -1.62. The smallest absolute Gasteiger partial charge is 0.330 e. The molecule has 2 amide bonds. The Balaban J connectivity index is 4.37. The Morgan fingerprint density at radius 2 is 1.82 bits per heavy atom. The normalized spacial score (nSPS) is 13.5. The topological polar surface area (TPSA) is 148 Å². The van der Waals surface area contributed by atoms with E-state index < -0.39 is 35.8 Å². The first kappa shape index (κ1) is 19.6. The number of carboxylic acid groups (broad SMARTS) is 1. The fourth-order valence-corrected chi connectivity index (χ4v) is 1.35. The summed E-state index contributed by atoms with van der Waals surface area (Å²) in [7, 11) is 1.17. The summed E-state index contributed by atoms with van der Waals surface area (Å²) in [5.74, 6) is -3.50. The SMILES string of the molecule is COC(=O)/C=C/C(=O)NC[C@H](N)C(=O)N[C@H](C(=O)O)C(C)C. The number of ether oxygens (including phenoxy) is 1. The van der Waals surface area contributed by atoms with Gasteiger partial charge in [0, 0.05) is 18.7 Å². The second-order valence-corrected chi connectivity index (χ2v) is 4.78. The first-order valence-electron chi connectivity index (χ1n) is 6.51. The van der Waals surface area contributed by atoms with E-state index in [9.17, 15) is 19.2 Å². The second kappa shape index (κ2) is 9.50. The van der Waals surface area contributed by atoms with E-state index in [4.69, 9.17) is 10.8 Å². The second-order valence-electron chi connectivity index (χ2n) is 4.78. The van der Waals surface area contributed by atoms with Crippen LogP contribution in [0.25, 0.3) is 0 Å². The average molecular weight is 315 g/mol. The van der Waals surface area contributed by atoms with Gasteiger partial charge in [-0.15, -0.1) is 0 Å². The first-order chi connectivity index (χ1) is 10.2. The number of carboxylic acids is 1. The summed E-state index contributed by atoms with van der Waals surface area (Å²) in [5, 5.41) is 13.6. The molecule has 0 spiro atoms. The van der Waals surface area contributed by atoms with Crippen molar-refractivity contribution in [3.05, 3.63) is 12.2 Å². The zero-order chi connectivity index (χ0) is 17.3. The van der Waals surface area contributed by atoms with Crippen LogP contribution < -0.4 is 16.4 Å². The summed E-state index contributed by atoms with van der Waals surface area (Å²) in [5.41, 5.74) is 5.56. The Labute approximate surface area is 127 Å². The van der Waals surface area contributed by atoms with Crippen LogP contribution in [-0.2, 0) is 23.9 Å². The van der Waals surface area contributed by atoms with Crippen LogP contribution in [0.15, 0.2) is 12.2 Å². The number of esters is 1. The van der Waals surface area contributed by atoms with Crippen LogP contribution in [0.1, 0.15) is 13.8 Å². The molecule has 0 aliphatic rings. The molecular weight excluding hydrogens is 294 g/mol. The number of hydrogen-bond donors (Lipinski definition) is 4. The van der Waals surface area contributed by atoms with E-state index in [-0.39, 0.29) is 12.5 Å². The number of carbonyl (C=O) groups is 4. The molecule has 9 nitrogen and oxygen atoms in total. The maximum Gasteiger partial charge on any atom is 0.330 e. The van der Waals surface area contributed by atoms with E-state index >= 15 is 0 Å². The molecule has 0 unspecified atom stereocenters. The standard InChI is InChI=1S/C13H21N3O6/c1-7(2)11(13(20)21)16-12(19)8(14)6-15-9(17)4-5-10(18)22-3/h4-5,7-8,11H,6,14H2,1-3H3,(H,15,17)(H,16,19)(H,20,21)/b5-4+/t8-,11-/m0/s1. The van der Waals surface area contributed by atoms with Crippen LogP contribution in [-0.4, -0.2) is 54.6 Å². The van der Waals surface area contributed by atoms with Gasteiger partial charge in [-0.1, -0.05) is 13.8 Å². The van der Waals surface area contributed by atoms with Gasteiger partial charge in [0.25, 0.3) is 0 Å². The van der Waals surface area contributed by atoms with Crippen molar-refractivity contribution in [1.82, 2.24) is 10.6 Å². The lowest BCUT2D eigenvalue weighted by Crippen LogP contribution is -2.53. The van der Waals surface area contributed by atoms with Crippen molar-refractivity contribution in [3.63, 3.8) is 0 Å². The lowest BCUT2D eigenvalue weighted by atomic mass is 10.0. The maximum absolute atomic E-state index is 11.7. The van der Waals surface area contributed by atoms with Gasteiger partial charge in [0.05, 0.1) is 7.11 Å². The molecule has 0 rings (SSSR count). The molecule has 0 aliphatic heterocycles. The Morgan fingerprint density at radius 1 is 1.23 bits per heavy atom. The number of nitrogens with two attached hydrogens (primary N) is 1. The van der Waals surface area contributed by atoms with Crippen LogP contribution in [0.5, 0.6) is 0 Å². The quantitative estimate of drug-likeness (QED) is 0.311. The summed E-state index contributed by atoms with van der Waals surface area (Å²) >= 11 is 0. The first-order valence-corrected chi connectivity index (χ1v) is 6.51. The zero-order valence-electron chi connectivity index (χ0n) is 12.7. The fourth-order valence-electron chi connectivity index (χ4n) is 1.35. The number of aliphatic carboxylic acids is 1. The lowest BCUT2D eigenvalue weighted by Gasteiger charge is -2.20. The van der Waals surface area contributed by atoms with Gasteiger partial charge in [0.1, 0.15) is 12.1 Å². The van der Waals surface area contributed by atoms with Gasteiger partial charge in [-0.05, 0) is 5.92 Å². The molecule has 0 aromatic carbocycles. The molecule has 0 saturated carbocycles. The van der Waals surface area contributed by atoms with E-state index in [1.807, 2.05) is 0 Å². The fraction of sp³-hybridized carbons (Fsp3) is 0.538. The third-order valence-corrected chi connectivity index (χ3v) is 2.64. The summed E-state index contributed by atoms with van der Waals surface area (Å²) < 4.78 is 4.30. The highest BCUT2D eigenvalue weighted by Crippen LogP contribution is 2.01. The van der Waals surface area contributed by atoms with Crippen molar-refractivity contribution >= 4 is 23.8 Å². The number of nitrogens with one attached hydrogen (secondary N) is 2. The molecule has 0 fully saturated rings. The lowest BCUT2D eigenvalue weighted by molar-refractivity contribution is -0.143. The van der Waals surface area contributed by atoms with Crippen LogP contribution in [0.4, 0.5) is 0 Å². The molecule has 0 bridgehead atoms. The maximum atomic E-state index is 11.7. The Morgan fingerprint density at radius 3 is 2.27 bits per heavy atom. The molecule has 0 aromatic rings. The Bertz CT molecular complexity index is 461. The highest BCUT2D eigenvalue weighted by atomic mass is 16.5. The van der Waals surface area contributed by atoms with Crippen molar-refractivity contribution in [3.8, 4) is 0 Å². The number of methoxy groups -OCH3 is 1. The number of rotatable bonds is 8. The molecule has 0 aromatic heterocycles. The molecule has 2 atom stereocenters. The van der Waals surface area contributed by atoms with E-state index in [0.717, 1.165) is 12.2 Å². The van der Waals surface area contributed by atoms with Crippen LogP contribution in [0.3, 0.4) is 0 Å². The molecule has 22 heavy (non-hydrogen) atoms. The number of hydrogen-bond acceptors (Lipinski definition) is 6. The minimum atomic E-state index is -1.17. The minimum Gasteiger partial charge on any atom is -0.480 e. The summed E-state index contributed by atoms with van der Waals surface area (Å²) in [4.78, 5) is 44.8. The van der Waals surface area contributed by atoms with E-state index in [2.05, 4.69) is 15.4 Å². The Hall–Kier alpha value is -2.42. The molecule has 5 N–H and O–H groups in total. The largest absolute Gasteiger partial charge is 0.480 e. The molecule has 0 heterocycles. The zero-order valence-corrected chi connectivity index (χ0v) is 12.7. The van der Waals surface area contributed by atoms with Crippen LogP contribution in [0, 0.1) is 5.92 Å².